The lowest BCUT2D eigenvalue weighted by atomic mass is 9.76. The fourth-order valence-corrected chi connectivity index (χ4v) is 4.10. The van der Waals surface area contributed by atoms with Crippen molar-refractivity contribution in [3.05, 3.63) is 34.9 Å². The van der Waals surface area contributed by atoms with Crippen LogP contribution in [0.5, 0.6) is 0 Å². The average Bonchev–Trinajstić information content (AvgIpc) is 2.97. The van der Waals surface area contributed by atoms with Crippen molar-refractivity contribution in [1.82, 2.24) is 4.90 Å². The van der Waals surface area contributed by atoms with Crippen LogP contribution in [0.4, 0.5) is 0 Å². The first-order chi connectivity index (χ1) is 11.6. The van der Waals surface area contributed by atoms with Gasteiger partial charge in [-0.25, -0.2) is 0 Å². The lowest BCUT2D eigenvalue weighted by Gasteiger charge is -2.38. The van der Waals surface area contributed by atoms with Crippen LogP contribution in [-0.4, -0.2) is 50.3 Å². The summed E-state index contributed by atoms with van der Waals surface area (Å²) in [5, 5.41) is 0.746. The van der Waals surface area contributed by atoms with Gasteiger partial charge in [0, 0.05) is 31.6 Å². The van der Waals surface area contributed by atoms with Crippen molar-refractivity contribution in [3.8, 4) is 0 Å². The van der Waals surface area contributed by atoms with Crippen LogP contribution < -0.4 is 0 Å². The summed E-state index contributed by atoms with van der Waals surface area (Å²) in [5.41, 5.74) is 1.30. The summed E-state index contributed by atoms with van der Waals surface area (Å²) in [6, 6.07) is 7.75. The Bertz CT molecular complexity index is 569. The van der Waals surface area contributed by atoms with Crippen LogP contribution in [0.3, 0.4) is 0 Å². The number of likely N-dealkylation sites (tertiary alicyclic amines) is 1. The molecule has 0 aliphatic carbocycles. The number of benzene rings is 1. The highest BCUT2D eigenvalue weighted by Crippen LogP contribution is 2.42. The zero-order valence-electron chi connectivity index (χ0n) is 14.3. The Balaban J connectivity index is 1.46. The van der Waals surface area contributed by atoms with E-state index in [0.717, 1.165) is 49.5 Å². The average molecular weight is 352 g/mol. The van der Waals surface area contributed by atoms with Gasteiger partial charge in [-0.1, -0.05) is 29.8 Å². The molecule has 2 aliphatic rings. The molecular weight excluding hydrogens is 326 g/mol. The second-order valence-electron chi connectivity index (χ2n) is 7.06. The standard InChI is InChI=1S/C19H26ClNO3/c1-23-13-16-12-19(14-24-16)8-10-21(11-9-19)18(22)7-6-15-4-2-3-5-17(15)20/h2-5,16H,6-14H2,1H3. The number of ether oxygens (including phenoxy) is 2. The van der Waals surface area contributed by atoms with E-state index in [1.54, 1.807) is 7.11 Å². The number of nitrogens with zero attached hydrogens (tertiary/aromatic N) is 1. The quantitative estimate of drug-likeness (QED) is 0.816. The lowest BCUT2D eigenvalue weighted by Crippen LogP contribution is -2.43. The van der Waals surface area contributed by atoms with E-state index in [1.807, 2.05) is 29.2 Å². The van der Waals surface area contributed by atoms with Crippen LogP contribution in [0, 0.1) is 5.41 Å². The van der Waals surface area contributed by atoms with E-state index >= 15 is 0 Å². The number of carbonyl (C=O) groups is 1. The van der Waals surface area contributed by atoms with Gasteiger partial charge >= 0.3 is 0 Å². The Hall–Kier alpha value is -1.10. The third-order valence-electron chi connectivity index (χ3n) is 5.38. The van der Waals surface area contributed by atoms with Crippen molar-refractivity contribution in [1.29, 1.82) is 0 Å². The van der Waals surface area contributed by atoms with E-state index in [-0.39, 0.29) is 17.4 Å². The second-order valence-corrected chi connectivity index (χ2v) is 7.47. The van der Waals surface area contributed by atoms with E-state index in [1.165, 1.54) is 0 Å². The molecule has 2 aliphatic heterocycles. The van der Waals surface area contributed by atoms with Gasteiger partial charge in [0.2, 0.25) is 5.91 Å². The first kappa shape index (κ1) is 17.7. The van der Waals surface area contributed by atoms with Gasteiger partial charge in [-0.15, -0.1) is 0 Å². The normalized spacial score (nSPS) is 22.9. The second kappa shape index (κ2) is 7.85. The summed E-state index contributed by atoms with van der Waals surface area (Å²) >= 11 is 6.17. The predicted molar refractivity (Wildman–Crippen MR) is 94.3 cm³/mol. The molecule has 0 radical (unpaired) electrons. The Morgan fingerprint density at radius 3 is 2.83 bits per heavy atom. The summed E-state index contributed by atoms with van der Waals surface area (Å²) in [5.74, 6) is 0.233. The predicted octanol–water partition coefficient (Wildman–Crippen LogP) is 3.32. The zero-order chi connectivity index (χ0) is 17.0. The minimum atomic E-state index is 0.220. The molecule has 5 heteroatoms. The van der Waals surface area contributed by atoms with Crippen LogP contribution in [0.25, 0.3) is 0 Å². The van der Waals surface area contributed by atoms with Crippen molar-refractivity contribution < 1.29 is 14.3 Å². The molecule has 2 saturated heterocycles. The van der Waals surface area contributed by atoms with Crippen molar-refractivity contribution in [2.75, 3.05) is 33.4 Å². The molecule has 1 unspecified atom stereocenters. The Morgan fingerprint density at radius 2 is 2.12 bits per heavy atom. The summed E-state index contributed by atoms with van der Waals surface area (Å²) in [6.07, 6.45) is 4.58. The van der Waals surface area contributed by atoms with E-state index in [0.29, 0.717) is 19.4 Å². The molecule has 4 nitrogen and oxygen atoms in total. The molecule has 2 fully saturated rings. The molecule has 1 spiro atoms. The van der Waals surface area contributed by atoms with Crippen molar-refractivity contribution in [2.24, 2.45) is 5.41 Å². The Labute approximate surface area is 149 Å². The molecule has 0 bridgehead atoms. The number of piperidine rings is 1. The number of hydrogen-bond acceptors (Lipinski definition) is 3. The number of aryl methyl sites for hydroxylation is 1. The van der Waals surface area contributed by atoms with E-state index in [9.17, 15) is 4.79 Å². The molecule has 2 heterocycles. The number of hydrogen-bond donors (Lipinski definition) is 0. The molecule has 0 saturated carbocycles. The molecular formula is C19H26ClNO3. The molecule has 3 rings (SSSR count). The third kappa shape index (κ3) is 4.11. The number of rotatable bonds is 5. The van der Waals surface area contributed by atoms with Gasteiger partial charge in [-0.3, -0.25) is 4.79 Å². The van der Waals surface area contributed by atoms with Crippen LogP contribution >= 0.6 is 11.6 Å². The number of halogens is 1. The Morgan fingerprint density at radius 1 is 1.38 bits per heavy atom. The highest BCUT2D eigenvalue weighted by molar-refractivity contribution is 6.31. The highest BCUT2D eigenvalue weighted by atomic mass is 35.5. The van der Waals surface area contributed by atoms with E-state index in [2.05, 4.69) is 0 Å². The van der Waals surface area contributed by atoms with Crippen molar-refractivity contribution in [2.45, 2.75) is 38.2 Å². The summed E-state index contributed by atoms with van der Waals surface area (Å²) in [4.78, 5) is 14.5. The zero-order valence-corrected chi connectivity index (χ0v) is 15.1. The SMILES string of the molecule is COCC1CC2(CCN(C(=O)CCc3ccccc3Cl)CC2)CO1. The lowest BCUT2D eigenvalue weighted by molar-refractivity contribution is -0.133. The van der Waals surface area contributed by atoms with Gasteiger partial charge in [0.1, 0.15) is 0 Å². The van der Waals surface area contributed by atoms with Gasteiger partial charge in [-0.2, -0.15) is 0 Å². The van der Waals surface area contributed by atoms with Crippen LogP contribution in [0.1, 0.15) is 31.2 Å². The highest BCUT2D eigenvalue weighted by Gasteiger charge is 2.42. The largest absolute Gasteiger partial charge is 0.382 e. The molecule has 1 aromatic rings. The number of amides is 1. The smallest absolute Gasteiger partial charge is 0.222 e. The first-order valence-corrected chi connectivity index (χ1v) is 9.11. The maximum Gasteiger partial charge on any atom is 0.222 e. The third-order valence-corrected chi connectivity index (χ3v) is 5.75. The first-order valence-electron chi connectivity index (χ1n) is 8.74. The number of carbonyl (C=O) groups excluding carboxylic acids is 1. The van der Waals surface area contributed by atoms with Gasteiger partial charge in [0.05, 0.1) is 19.3 Å². The maximum atomic E-state index is 12.5. The fraction of sp³-hybridized carbons (Fsp3) is 0.632. The minimum absolute atomic E-state index is 0.220. The van der Waals surface area contributed by atoms with Crippen LogP contribution in [0.2, 0.25) is 5.02 Å². The van der Waals surface area contributed by atoms with Gasteiger partial charge < -0.3 is 14.4 Å². The van der Waals surface area contributed by atoms with E-state index in [4.69, 9.17) is 21.1 Å². The van der Waals surface area contributed by atoms with Gasteiger partial charge in [0.15, 0.2) is 0 Å². The molecule has 0 aromatic heterocycles. The number of methoxy groups -OCH3 is 1. The maximum absolute atomic E-state index is 12.5. The van der Waals surface area contributed by atoms with Crippen molar-refractivity contribution in [3.63, 3.8) is 0 Å². The summed E-state index contributed by atoms with van der Waals surface area (Å²) in [7, 11) is 1.72. The van der Waals surface area contributed by atoms with Crippen LogP contribution in [0.15, 0.2) is 24.3 Å². The molecule has 1 amide bonds. The van der Waals surface area contributed by atoms with Gasteiger partial charge in [0.25, 0.3) is 0 Å². The summed E-state index contributed by atoms with van der Waals surface area (Å²) < 4.78 is 11.1. The Kier molecular flexibility index (Phi) is 5.80. The van der Waals surface area contributed by atoms with Crippen molar-refractivity contribution >= 4 is 17.5 Å². The topological polar surface area (TPSA) is 38.8 Å². The van der Waals surface area contributed by atoms with Crippen LogP contribution in [-0.2, 0) is 20.7 Å². The molecule has 24 heavy (non-hydrogen) atoms. The fourth-order valence-electron chi connectivity index (χ4n) is 3.87. The molecule has 1 aromatic carbocycles. The monoisotopic (exact) mass is 351 g/mol. The summed E-state index contributed by atoms with van der Waals surface area (Å²) in [6.45, 7) is 3.15. The molecule has 1 atom stereocenters. The molecule has 132 valence electrons. The minimum Gasteiger partial charge on any atom is -0.382 e. The van der Waals surface area contributed by atoms with Gasteiger partial charge in [-0.05, 0) is 42.7 Å². The molecule has 0 N–H and O–H groups in total. The van der Waals surface area contributed by atoms with E-state index < -0.39 is 0 Å².